The minimum Gasteiger partial charge on any atom is -0.481 e. The van der Waals surface area contributed by atoms with Gasteiger partial charge in [0.2, 0.25) is 0 Å². The van der Waals surface area contributed by atoms with Gasteiger partial charge in [-0.3, -0.25) is 4.79 Å². The third-order valence-corrected chi connectivity index (χ3v) is 4.38. The quantitative estimate of drug-likeness (QED) is 0.714. The molecule has 128 valence electrons. The Morgan fingerprint density at radius 1 is 1.35 bits per heavy atom. The fourth-order valence-electron chi connectivity index (χ4n) is 1.72. The molecule has 0 saturated carbocycles. The van der Waals surface area contributed by atoms with Crippen LogP contribution in [0.15, 0.2) is 29.2 Å². The Hall–Kier alpha value is -1.40. The van der Waals surface area contributed by atoms with Crippen LogP contribution in [0.25, 0.3) is 0 Å². The number of halogens is 1. The van der Waals surface area contributed by atoms with Crippen molar-refractivity contribution in [1.29, 1.82) is 0 Å². The zero-order valence-corrected chi connectivity index (χ0v) is 15.0. The van der Waals surface area contributed by atoms with Crippen LogP contribution >= 0.6 is 23.4 Å². The zero-order chi connectivity index (χ0) is 17.5. The number of thioether (sulfide) groups is 1. The van der Waals surface area contributed by atoms with Crippen LogP contribution in [0, 0.1) is 0 Å². The number of alkyl carbamates (subject to hydrolysis) is 1. The Morgan fingerprint density at radius 3 is 2.57 bits per heavy atom. The maximum Gasteiger partial charge on any atom is 0.407 e. The molecule has 0 aliphatic rings. The lowest BCUT2D eigenvalue weighted by Gasteiger charge is -2.23. The van der Waals surface area contributed by atoms with E-state index in [1.54, 1.807) is 26.8 Å². The molecular weight excluding hydrogens is 338 g/mol. The van der Waals surface area contributed by atoms with Crippen molar-refractivity contribution in [2.45, 2.75) is 50.2 Å². The largest absolute Gasteiger partial charge is 0.481 e. The second-order valence-electron chi connectivity index (χ2n) is 6.02. The van der Waals surface area contributed by atoms with Gasteiger partial charge in [-0.15, -0.1) is 11.8 Å². The molecule has 1 amide bonds. The van der Waals surface area contributed by atoms with Crippen LogP contribution in [0.2, 0.25) is 5.02 Å². The van der Waals surface area contributed by atoms with E-state index in [-0.39, 0.29) is 12.5 Å². The zero-order valence-electron chi connectivity index (χ0n) is 13.5. The van der Waals surface area contributed by atoms with Crippen LogP contribution in [0.3, 0.4) is 0 Å². The predicted molar refractivity (Wildman–Crippen MR) is 92.2 cm³/mol. The molecule has 1 atom stereocenters. The summed E-state index contributed by atoms with van der Waals surface area (Å²) in [6, 6.07) is 7.07. The van der Waals surface area contributed by atoms with Crippen molar-refractivity contribution in [1.82, 2.24) is 5.32 Å². The Bertz CT molecular complexity index is 545. The molecule has 1 rings (SSSR count). The van der Waals surface area contributed by atoms with Crippen molar-refractivity contribution in [3.8, 4) is 0 Å². The Labute approximate surface area is 145 Å². The minimum atomic E-state index is -0.899. The summed E-state index contributed by atoms with van der Waals surface area (Å²) in [6.45, 7) is 5.33. The van der Waals surface area contributed by atoms with E-state index >= 15 is 0 Å². The molecule has 1 aromatic carbocycles. The summed E-state index contributed by atoms with van der Waals surface area (Å²) < 4.78 is 5.22. The number of hydrogen-bond acceptors (Lipinski definition) is 4. The number of nitrogens with one attached hydrogen (secondary N) is 1. The molecule has 0 spiro atoms. The van der Waals surface area contributed by atoms with Gasteiger partial charge in [0.25, 0.3) is 0 Å². The molecular formula is C16H22ClNO4S. The topological polar surface area (TPSA) is 75.6 Å². The number of carbonyl (C=O) groups excluding carboxylic acids is 1. The van der Waals surface area contributed by atoms with Gasteiger partial charge in [-0.2, -0.15) is 0 Å². The highest BCUT2D eigenvalue weighted by atomic mass is 35.5. The van der Waals surface area contributed by atoms with Crippen molar-refractivity contribution in [2.24, 2.45) is 0 Å². The molecule has 23 heavy (non-hydrogen) atoms. The van der Waals surface area contributed by atoms with Crippen LogP contribution in [-0.2, 0) is 9.53 Å². The van der Waals surface area contributed by atoms with Crippen molar-refractivity contribution in [3.05, 3.63) is 29.3 Å². The first-order valence-electron chi connectivity index (χ1n) is 7.26. The third-order valence-electron chi connectivity index (χ3n) is 2.70. The van der Waals surface area contributed by atoms with E-state index in [9.17, 15) is 9.59 Å². The summed E-state index contributed by atoms with van der Waals surface area (Å²) in [4.78, 5) is 23.5. The van der Waals surface area contributed by atoms with Gasteiger partial charge in [0.1, 0.15) is 5.60 Å². The van der Waals surface area contributed by atoms with Crippen LogP contribution in [0.4, 0.5) is 4.79 Å². The summed E-state index contributed by atoms with van der Waals surface area (Å²) in [7, 11) is 0. The van der Waals surface area contributed by atoms with Gasteiger partial charge in [-0.1, -0.05) is 23.7 Å². The van der Waals surface area contributed by atoms with Gasteiger partial charge < -0.3 is 15.2 Å². The molecule has 2 N–H and O–H groups in total. The lowest BCUT2D eigenvalue weighted by atomic mass is 10.2. The molecule has 0 unspecified atom stereocenters. The Kier molecular flexibility index (Phi) is 7.72. The van der Waals surface area contributed by atoms with Gasteiger partial charge in [-0.25, -0.2) is 4.79 Å². The first-order valence-corrected chi connectivity index (χ1v) is 8.62. The number of benzene rings is 1. The summed E-state index contributed by atoms with van der Waals surface area (Å²) in [6.07, 6.45) is -0.247. The summed E-state index contributed by atoms with van der Waals surface area (Å²) in [5, 5.41) is 12.2. The first kappa shape index (κ1) is 19.6. The lowest BCUT2D eigenvalue weighted by Crippen LogP contribution is -2.40. The van der Waals surface area contributed by atoms with E-state index < -0.39 is 17.7 Å². The molecule has 0 radical (unpaired) electrons. The number of carboxylic acid groups (broad SMARTS) is 1. The second kappa shape index (κ2) is 9.03. The van der Waals surface area contributed by atoms with Gasteiger partial charge >= 0.3 is 12.1 Å². The van der Waals surface area contributed by atoms with Gasteiger partial charge in [0, 0.05) is 23.1 Å². The number of amides is 1. The van der Waals surface area contributed by atoms with Crippen molar-refractivity contribution >= 4 is 35.4 Å². The maximum atomic E-state index is 11.9. The fourth-order valence-corrected chi connectivity index (χ4v) is 3.03. The van der Waals surface area contributed by atoms with Crippen LogP contribution in [0.1, 0.15) is 33.6 Å². The SMILES string of the molecule is CC(C)(C)OC(=O)N[C@@H](CCC(=O)O)CSc1ccccc1Cl. The average Bonchev–Trinajstić information content (AvgIpc) is 2.41. The monoisotopic (exact) mass is 359 g/mol. The van der Waals surface area contributed by atoms with E-state index in [1.165, 1.54) is 11.8 Å². The van der Waals surface area contributed by atoms with E-state index in [1.807, 2.05) is 18.2 Å². The fraction of sp³-hybridized carbons (Fsp3) is 0.500. The molecule has 0 bridgehead atoms. The van der Waals surface area contributed by atoms with Gasteiger partial charge in [0.15, 0.2) is 0 Å². The molecule has 0 heterocycles. The number of hydrogen-bond donors (Lipinski definition) is 2. The summed E-state index contributed by atoms with van der Waals surface area (Å²) in [5.41, 5.74) is -0.600. The van der Waals surface area contributed by atoms with Crippen LogP contribution in [0.5, 0.6) is 0 Å². The van der Waals surface area contributed by atoms with E-state index in [0.29, 0.717) is 17.2 Å². The maximum absolute atomic E-state index is 11.9. The number of carboxylic acids is 1. The van der Waals surface area contributed by atoms with E-state index in [4.69, 9.17) is 21.4 Å². The highest BCUT2D eigenvalue weighted by molar-refractivity contribution is 7.99. The second-order valence-corrected chi connectivity index (χ2v) is 7.49. The normalized spacial score (nSPS) is 12.5. The number of aliphatic carboxylic acids is 1. The van der Waals surface area contributed by atoms with Crippen LogP contribution in [-0.4, -0.2) is 34.6 Å². The standard InChI is InChI=1S/C16H22ClNO4S/c1-16(2,3)22-15(21)18-11(8-9-14(19)20)10-23-13-7-5-4-6-12(13)17/h4-7,11H,8-10H2,1-3H3,(H,18,21)(H,19,20)/t11-/m0/s1. The smallest absolute Gasteiger partial charge is 0.407 e. The Morgan fingerprint density at radius 2 is 2.00 bits per heavy atom. The van der Waals surface area contributed by atoms with Crippen molar-refractivity contribution in [3.63, 3.8) is 0 Å². The van der Waals surface area contributed by atoms with Crippen molar-refractivity contribution in [2.75, 3.05) is 5.75 Å². The summed E-state index contributed by atoms with van der Waals surface area (Å²) >= 11 is 7.57. The predicted octanol–water partition coefficient (Wildman–Crippen LogP) is 4.19. The van der Waals surface area contributed by atoms with E-state index in [0.717, 1.165) is 4.90 Å². The summed E-state index contributed by atoms with van der Waals surface area (Å²) in [5.74, 6) is -0.389. The average molecular weight is 360 g/mol. The Balaban J connectivity index is 2.63. The highest BCUT2D eigenvalue weighted by Crippen LogP contribution is 2.27. The number of ether oxygens (including phenoxy) is 1. The van der Waals surface area contributed by atoms with Gasteiger partial charge in [0.05, 0.1) is 5.02 Å². The molecule has 0 aliphatic heterocycles. The van der Waals surface area contributed by atoms with Crippen molar-refractivity contribution < 1.29 is 19.4 Å². The molecule has 0 saturated heterocycles. The first-order chi connectivity index (χ1) is 10.7. The van der Waals surface area contributed by atoms with Gasteiger partial charge in [-0.05, 0) is 39.3 Å². The highest BCUT2D eigenvalue weighted by Gasteiger charge is 2.20. The molecule has 5 nitrogen and oxygen atoms in total. The lowest BCUT2D eigenvalue weighted by molar-refractivity contribution is -0.137. The van der Waals surface area contributed by atoms with E-state index in [2.05, 4.69) is 5.32 Å². The van der Waals surface area contributed by atoms with Crippen LogP contribution < -0.4 is 5.32 Å². The number of rotatable bonds is 7. The molecule has 1 aromatic rings. The molecule has 0 fully saturated rings. The molecule has 0 aliphatic carbocycles. The minimum absolute atomic E-state index is 0.0243. The molecule has 0 aromatic heterocycles. The third kappa shape index (κ3) is 8.71. The number of carbonyl (C=O) groups is 2. The molecule has 7 heteroatoms.